The Labute approximate surface area is 166 Å². The maximum Gasteiger partial charge on any atom is 0.341 e. The molecule has 0 aliphatic carbocycles. The molecule has 1 aromatic carbocycles. The topological polar surface area (TPSA) is 110 Å². The van der Waals surface area contributed by atoms with Crippen LogP contribution in [0, 0.1) is 10.1 Å². The molecule has 0 spiro atoms. The molecule has 0 N–H and O–H groups in total. The van der Waals surface area contributed by atoms with Crippen molar-refractivity contribution in [2.45, 2.75) is 29.5 Å². The first-order valence-electron chi connectivity index (χ1n) is 8.78. The van der Waals surface area contributed by atoms with Crippen LogP contribution in [0.5, 0.6) is 0 Å². The first-order chi connectivity index (χ1) is 13.7. The Morgan fingerprint density at radius 1 is 1.38 bits per heavy atom. The SMILES string of the molecule is CN(CC1CCCN1c1cccnn1)c1ccc(S(=O)(=O)C(F)F)cc1[N+](=O)[O-]. The number of nitro benzene ring substituents is 1. The summed E-state index contributed by atoms with van der Waals surface area (Å²) < 4.78 is 48.9. The van der Waals surface area contributed by atoms with Gasteiger partial charge in [-0.1, -0.05) is 0 Å². The van der Waals surface area contributed by atoms with E-state index in [1.165, 1.54) is 6.07 Å². The first-order valence-corrected chi connectivity index (χ1v) is 10.3. The number of nitro groups is 1. The van der Waals surface area contributed by atoms with Crippen LogP contribution >= 0.6 is 0 Å². The van der Waals surface area contributed by atoms with Crippen molar-refractivity contribution in [2.24, 2.45) is 0 Å². The molecule has 1 atom stereocenters. The summed E-state index contributed by atoms with van der Waals surface area (Å²) >= 11 is 0. The maximum atomic E-state index is 12.8. The zero-order valence-electron chi connectivity index (χ0n) is 15.5. The van der Waals surface area contributed by atoms with E-state index in [2.05, 4.69) is 15.1 Å². The molecule has 9 nitrogen and oxygen atoms in total. The van der Waals surface area contributed by atoms with Crippen LogP contribution in [0.25, 0.3) is 0 Å². The predicted molar refractivity (Wildman–Crippen MR) is 102 cm³/mol. The summed E-state index contributed by atoms with van der Waals surface area (Å²) in [7, 11) is -3.29. The molecule has 2 aromatic rings. The number of halogens is 2. The van der Waals surface area contributed by atoms with Gasteiger partial charge in [0.15, 0.2) is 5.82 Å². The van der Waals surface area contributed by atoms with Gasteiger partial charge < -0.3 is 9.80 Å². The fourth-order valence-corrected chi connectivity index (χ4v) is 4.18. The average molecular weight is 427 g/mol. The summed E-state index contributed by atoms with van der Waals surface area (Å²) in [5.74, 6) is -2.94. The molecule has 0 bridgehead atoms. The third kappa shape index (κ3) is 4.26. The number of anilines is 2. The van der Waals surface area contributed by atoms with Crippen molar-refractivity contribution in [3.8, 4) is 0 Å². The fraction of sp³-hybridized carbons (Fsp3) is 0.412. The molecule has 2 heterocycles. The molecule has 12 heteroatoms. The molecular formula is C17H19F2N5O4S. The number of hydrogen-bond acceptors (Lipinski definition) is 8. The van der Waals surface area contributed by atoms with Gasteiger partial charge in [-0.15, -0.1) is 5.10 Å². The summed E-state index contributed by atoms with van der Waals surface area (Å²) in [5.41, 5.74) is -0.396. The van der Waals surface area contributed by atoms with E-state index >= 15 is 0 Å². The number of benzene rings is 1. The van der Waals surface area contributed by atoms with Crippen molar-refractivity contribution in [1.82, 2.24) is 10.2 Å². The normalized spacial score (nSPS) is 17.0. The van der Waals surface area contributed by atoms with Gasteiger partial charge >= 0.3 is 5.76 Å². The molecule has 0 saturated carbocycles. The monoisotopic (exact) mass is 427 g/mol. The van der Waals surface area contributed by atoms with E-state index in [1.807, 2.05) is 6.07 Å². The van der Waals surface area contributed by atoms with Gasteiger partial charge in [-0.25, -0.2) is 8.42 Å². The van der Waals surface area contributed by atoms with E-state index in [0.717, 1.165) is 25.5 Å². The molecule has 1 aliphatic rings. The summed E-state index contributed by atoms with van der Waals surface area (Å²) in [5, 5.41) is 19.4. The van der Waals surface area contributed by atoms with Crippen LogP contribution in [0.15, 0.2) is 41.4 Å². The molecule has 3 rings (SSSR count). The third-order valence-electron chi connectivity index (χ3n) is 4.83. The van der Waals surface area contributed by atoms with E-state index in [-0.39, 0.29) is 11.7 Å². The van der Waals surface area contributed by atoms with Crippen molar-refractivity contribution in [3.63, 3.8) is 0 Å². The zero-order chi connectivity index (χ0) is 21.2. The first kappa shape index (κ1) is 20.8. The smallest absolute Gasteiger partial charge is 0.341 e. The van der Waals surface area contributed by atoms with Gasteiger partial charge in [-0.05, 0) is 37.1 Å². The van der Waals surface area contributed by atoms with Crippen molar-refractivity contribution >= 4 is 27.0 Å². The van der Waals surface area contributed by atoms with Crippen LogP contribution in [0.3, 0.4) is 0 Å². The average Bonchev–Trinajstić information content (AvgIpc) is 3.16. The molecular weight excluding hydrogens is 408 g/mol. The van der Waals surface area contributed by atoms with Crippen LogP contribution in [0.4, 0.5) is 26.0 Å². The maximum absolute atomic E-state index is 12.8. The highest BCUT2D eigenvalue weighted by molar-refractivity contribution is 7.91. The Morgan fingerprint density at radius 3 is 2.76 bits per heavy atom. The Hall–Kier alpha value is -2.89. The Balaban J connectivity index is 1.87. The van der Waals surface area contributed by atoms with Gasteiger partial charge in [0, 0.05) is 38.4 Å². The van der Waals surface area contributed by atoms with Crippen molar-refractivity contribution in [3.05, 3.63) is 46.6 Å². The second kappa shape index (κ2) is 8.23. The van der Waals surface area contributed by atoms with Crippen LogP contribution in [0.2, 0.25) is 0 Å². The second-order valence-corrected chi connectivity index (χ2v) is 8.58. The van der Waals surface area contributed by atoms with Gasteiger partial charge in [0.25, 0.3) is 5.69 Å². The lowest BCUT2D eigenvalue weighted by Gasteiger charge is -2.30. The van der Waals surface area contributed by atoms with Crippen molar-refractivity contribution in [2.75, 3.05) is 29.9 Å². The summed E-state index contributed by atoms with van der Waals surface area (Å²) in [6, 6.07) is 6.46. The minimum atomic E-state index is -4.92. The van der Waals surface area contributed by atoms with Gasteiger partial charge in [0.05, 0.1) is 9.82 Å². The Morgan fingerprint density at radius 2 is 2.14 bits per heavy atom. The molecule has 1 aromatic heterocycles. The zero-order valence-corrected chi connectivity index (χ0v) is 16.3. The van der Waals surface area contributed by atoms with E-state index in [0.29, 0.717) is 18.4 Å². The largest absolute Gasteiger partial charge is 0.367 e. The number of sulfone groups is 1. The van der Waals surface area contributed by atoms with E-state index in [1.54, 1.807) is 24.2 Å². The Bertz CT molecular complexity index is 991. The van der Waals surface area contributed by atoms with Crippen molar-refractivity contribution < 1.29 is 22.1 Å². The molecule has 156 valence electrons. The number of hydrogen-bond donors (Lipinski definition) is 0. The van der Waals surface area contributed by atoms with Crippen LogP contribution in [-0.4, -0.2) is 55.5 Å². The summed E-state index contributed by atoms with van der Waals surface area (Å²) in [4.78, 5) is 13.6. The molecule has 1 unspecified atom stereocenters. The lowest BCUT2D eigenvalue weighted by molar-refractivity contribution is -0.384. The molecule has 0 radical (unpaired) electrons. The molecule has 1 saturated heterocycles. The number of aromatic nitrogens is 2. The molecule has 29 heavy (non-hydrogen) atoms. The standard InChI is InChI=1S/C17H19F2N5O4S/c1-22(11-12-4-3-9-23(12)16-5-2-8-20-21-16)14-7-6-13(10-15(14)24(25)26)29(27,28)17(18)19/h2,5-8,10,12,17H,3-4,9,11H2,1H3. The van der Waals surface area contributed by atoms with E-state index in [9.17, 15) is 27.3 Å². The molecule has 1 aliphatic heterocycles. The van der Waals surface area contributed by atoms with E-state index < -0.39 is 31.1 Å². The Kier molecular flexibility index (Phi) is 5.91. The highest BCUT2D eigenvalue weighted by Gasteiger charge is 2.32. The molecule has 1 fully saturated rings. The lowest BCUT2D eigenvalue weighted by atomic mass is 10.2. The number of likely N-dealkylation sites (N-methyl/N-ethyl adjacent to an activating group) is 1. The van der Waals surface area contributed by atoms with E-state index in [4.69, 9.17) is 0 Å². The predicted octanol–water partition coefficient (Wildman–Crippen LogP) is 2.49. The molecule has 0 amide bonds. The van der Waals surface area contributed by atoms with Gasteiger partial charge in [-0.2, -0.15) is 13.9 Å². The third-order valence-corrected chi connectivity index (χ3v) is 6.21. The lowest BCUT2D eigenvalue weighted by Crippen LogP contribution is -2.39. The highest BCUT2D eigenvalue weighted by Crippen LogP contribution is 2.33. The highest BCUT2D eigenvalue weighted by atomic mass is 32.2. The van der Waals surface area contributed by atoms with Crippen LogP contribution < -0.4 is 9.80 Å². The quantitative estimate of drug-likeness (QED) is 0.490. The number of rotatable bonds is 7. The van der Waals surface area contributed by atoms with Gasteiger partial charge in [0.2, 0.25) is 9.84 Å². The van der Waals surface area contributed by atoms with Crippen LogP contribution in [0.1, 0.15) is 12.8 Å². The van der Waals surface area contributed by atoms with Crippen molar-refractivity contribution in [1.29, 1.82) is 0 Å². The summed E-state index contributed by atoms with van der Waals surface area (Å²) in [6.45, 7) is 1.17. The minimum absolute atomic E-state index is 0.0146. The second-order valence-electron chi connectivity index (χ2n) is 6.67. The fourth-order valence-electron chi connectivity index (χ4n) is 3.44. The minimum Gasteiger partial charge on any atom is -0.367 e. The number of nitrogens with zero attached hydrogens (tertiary/aromatic N) is 5. The number of alkyl halides is 2. The van der Waals surface area contributed by atoms with Crippen LogP contribution in [-0.2, 0) is 9.84 Å². The van der Waals surface area contributed by atoms with Gasteiger partial charge in [-0.3, -0.25) is 10.1 Å². The summed E-state index contributed by atoms with van der Waals surface area (Å²) in [6.07, 6.45) is 3.33. The van der Waals surface area contributed by atoms with Gasteiger partial charge in [0.1, 0.15) is 5.69 Å².